The molecule has 102 valence electrons. The molecule has 0 unspecified atom stereocenters. The highest BCUT2D eigenvalue weighted by Crippen LogP contribution is 2.24. The Kier molecular flexibility index (Phi) is 6.07. The minimum Gasteiger partial charge on any atom is -0.497 e. The largest absolute Gasteiger partial charge is 0.497 e. The zero-order valence-corrected chi connectivity index (χ0v) is 12.6. The Hall–Kier alpha value is -0.630. The van der Waals surface area contributed by atoms with Crippen LogP contribution in [0.5, 0.6) is 5.75 Å². The lowest BCUT2D eigenvalue weighted by molar-refractivity contribution is 0.413. The molecule has 0 bridgehead atoms. The average molecular weight is 337 g/mol. The fourth-order valence-electron chi connectivity index (χ4n) is 1.37. The van der Waals surface area contributed by atoms with Crippen LogP contribution in [0.25, 0.3) is 0 Å². The van der Waals surface area contributed by atoms with Crippen molar-refractivity contribution in [1.82, 2.24) is 4.72 Å². The van der Waals surface area contributed by atoms with Crippen LogP contribution in [-0.4, -0.2) is 28.6 Å². The normalized spacial score (nSPS) is 11.5. The van der Waals surface area contributed by atoms with Gasteiger partial charge in [-0.1, -0.05) is 15.9 Å². The van der Waals surface area contributed by atoms with Gasteiger partial charge >= 0.3 is 0 Å². The van der Waals surface area contributed by atoms with Crippen molar-refractivity contribution in [1.29, 1.82) is 0 Å². The summed E-state index contributed by atoms with van der Waals surface area (Å²) in [7, 11) is -2.00. The van der Waals surface area contributed by atoms with Crippen molar-refractivity contribution in [3.8, 4) is 5.75 Å². The molecule has 18 heavy (non-hydrogen) atoms. The van der Waals surface area contributed by atoms with Gasteiger partial charge in [0.2, 0.25) is 10.0 Å². The second-order valence-electron chi connectivity index (χ2n) is 3.72. The van der Waals surface area contributed by atoms with E-state index in [1.54, 1.807) is 6.07 Å². The standard InChI is InChI=1S/C11H17BrN2O3S/c1-17-10-6-9(12)7-11(8-10)18(15,16)14-5-3-2-4-13/h6-8,14H,2-5,13H2,1H3. The predicted molar refractivity (Wildman–Crippen MR) is 74.2 cm³/mol. The summed E-state index contributed by atoms with van der Waals surface area (Å²) >= 11 is 3.25. The number of nitrogens with one attached hydrogen (secondary N) is 1. The highest BCUT2D eigenvalue weighted by atomic mass is 79.9. The molecule has 0 radical (unpaired) electrons. The Morgan fingerprint density at radius 3 is 2.67 bits per heavy atom. The third-order valence-corrected chi connectivity index (χ3v) is 4.21. The lowest BCUT2D eigenvalue weighted by Gasteiger charge is -2.08. The van der Waals surface area contributed by atoms with E-state index in [-0.39, 0.29) is 4.90 Å². The fraction of sp³-hybridized carbons (Fsp3) is 0.455. The first kappa shape index (κ1) is 15.4. The van der Waals surface area contributed by atoms with Crippen LogP contribution >= 0.6 is 15.9 Å². The number of benzene rings is 1. The van der Waals surface area contributed by atoms with Gasteiger partial charge < -0.3 is 10.5 Å². The van der Waals surface area contributed by atoms with Gasteiger partial charge in [-0.05, 0) is 31.5 Å². The highest BCUT2D eigenvalue weighted by Gasteiger charge is 2.15. The molecule has 0 aliphatic heterocycles. The molecule has 0 heterocycles. The number of nitrogens with two attached hydrogens (primary N) is 1. The smallest absolute Gasteiger partial charge is 0.240 e. The molecule has 0 fully saturated rings. The minimum atomic E-state index is -3.50. The van der Waals surface area contributed by atoms with Crippen LogP contribution in [0.2, 0.25) is 0 Å². The maximum absolute atomic E-state index is 12.0. The van der Waals surface area contributed by atoms with E-state index in [2.05, 4.69) is 20.7 Å². The first-order valence-corrected chi connectivity index (χ1v) is 7.81. The molecule has 0 atom stereocenters. The molecule has 7 heteroatoms. The quantitative estimate of drug-likeness (QED) is 0.739. The Bertz CT molecular complexity index is 491. The van der Waals surface area contributed by atoms with Gasteiger partial charge in [-0.15, -0.1) is 0 Å². The molecular formula is C11H17BrN2O3S. The number of hydrogen-bond donors (Lipinski definition) is 2. The lowest BCUT2D eigenvalue weighted by Crippen LogP contribution is -2.25. The van der Waals surface area contributed by atoms with Gasteiger partial charge in [-0.2, -0.15) is 0 Å². The maximum atomic E-state index is 12.0. The molecule has 0 aliphatic rings. The molecule has 0 saturated carbocycles. The summed E-state index contributed by atoms with van der Waals surface area (Å²) in [5.41, 5.74) is 5.35. The number of hydrogen-bond acceptors (Lipinski definition) is 4. The second-order valence-corrected chi connectivity index (χ2v) is 6.40. The van der Waals surface area contributed by atoms with E-state index in [0.717, 1.165) is 12.8 Å². The predicted octanol–water partition coefficient (Wildman–Crippen LogP) is 1.47. The molecular weight excluding hydrogens is 320 g/mol. The van der Waals surface area contributed by atoms with Crippen LogP contribution < -0.4 is 15.2 Å². The van der Waals surface area contributed by atoms with E-state index in [4.69, 9.17) is 10.5 Å². The van der Waals surface area contributed by atoms with Gasteiger partial charge in [0.05, 0.1) is 12.0 Å². The van der Waals surface area contributed by atoms with Gasteiger partial charge in [0.25, 0.3) is 0 Å². The molecule has 0 aliphatic carbocycles. The molecule has 0 saturated heterocycles. The van der Waals surface area contributed by atoms with Crippen LogP contribution in [-0.2, 0) is 10.0 Å². The summed E-state index contributed by atoms with van der Waals surface area (Å²) in [6, 6.07) is 4.72. The van der Waals surface area contributed by atoms with Gasteiger partial charge in [-0.25, -0.2) is 13.1 Å². The number of ether oxygens (including phenoxy) is 1. The number of rotatable bonds is 7. The van der Waals surface area contributed by atoms with Crippen molar-refractivity contribution in [3.05, 3.63) is 22.7 Å². The van der Waals surface area contributed by atoms with Crippen LogP contribution in [0.3, 0.4) is 0 Å². The summed E-state index contributed by atoms with van der Waals surface area (Å²) in [6.45, 7) is 0.945. The summed E-state index contributed by atoms with van der Waals surface area (Å²) in [4.78, 5) is 0.182. The number of unbranched alkanes of at least 4 members (excludes halogenated alkanes) is 1. The molecule has 1 aromatic rings. The highest BCUT2D eigenvalue weighted by molar-refractivity contribution is 9.10. The maximum Gasteiger partial charge on any atom is 0.240 e. The number of halogens is 1. The van der Waals surface area contributed by atoms with Crippen molar-refractivity contribution in [2.75, 3.05) is 20.2 Å². The lowest BCUT2D eigenvalue weighted by atomic mass is 10.3. The van der Waals surface area contributed by atoms with Gasteiger partial charge in [0.1, 0.15) is 5.75 Å². The number of sulfonamides is 1. The Balaban J connectivity index is 2.81. The molecule has 0 amide bonds. The van der Waals surface area contributed by atoms with Crippen LogP contribution in [0.1, 0.15) is 12.8 Å². The van der Waals surface area contributed by atoms with E-state index < -0.39 is 10.0 Å². The summed E-state index contributed by atoms with van der Waals surface area (Å²) in [5.74, 6) is 0.492. The molecule has 1 aromatic carbocycles. The van der Waals surface area contributed by atoms with Crippen molar-refractivity contribution in [2.24, 2.45) is 5.73 Å². The summed E-state index contributed by atoms with van der Waals surface area (Å²) in [6.07, 6.45) is 1.52. The molecule has 1 rings (SSSR count). The van der Waals surface area contributed by atoms with Crippen molar-refractivity contribution < 1.29 is 13.2 Å². The molecule has 0 spiro atoms. The third-order valence-electron chi connectivity index (χ3n) is 2.31. The molecule has 0 aromatic heterocycles. The topological polar surface area (TPSA) is 81.4 Å². The van der Waals surface area contributed by atoms with Gasteiger partial charge in [0.15, 0.2) is 0 Å². The monoisotopic (exact) mass is 336 g/mol. The first-order chi connectivity index (χ1) is 8.49. The third kappa shape index (κ3) is 4.56. The SMILES string of the molecule is COc1cc(Br)cc(S(=O)(=O)NCCCCN)c1. The average Bonchev–Trinajstić information content (AvgIpc) is 2.34. The molecule has 5 nitrogen and oxygen atoms in total. The van der Waals surface area contributed by atoms with Crippen LogP contribution in [0.15, 0.2) is 27.6 Å². The first-order valence-electron chi connectivity index (χ1n) is 5.54. The van der Waals surface area contributed by atoms with E-state index in [9.17, 15) is 8.42 Å². The van der Waals surface area contributed by atoms with Gasteiger partial charge in [0, 0.05) is 17.1 Å². The van der Waals surface area contributed by atoms with E-state index in [1.165, 1.54) is 19.2 Å². The van der Waals surface area contributed by atoms with E-state index in [0.29, 0.717) is 23.3 Å². The summed E-state index contributed by atoms with van der Waals surface area (Å²) < 4.78 is 32.2. The number of methoxy groups -OCH3 is 1. The van der Waals surface area contributed by atoms with Crippen molar-refractivity contribution in [3.63, 3.8) is 0 Å². The van der Waals surface area contributed by atoms with E-state index in [1.807, 2.05) is 0 Å². The van der Waals surface area contributed by atoms with E-state index >= 15 is 0 Å². The molecule has 3 N–H and O–H groups in total. The Labute approximate surface area is 116 Å². The zero-order valence-electron chi connectivity index (χ0n) is 10.1. The van der Waals surface area contributed by atoms with Gasteiger partial charge in [-0.3, -0.25) is 0 Å². The minimum absolute atomic E-state index is 0.182. The van der Waals surface area contributed by atoms with Crippen molar-refractivity contribution in [2.45, 2.75) is 17.7 Å². The van der Waals surface area contributed by atoms with Crippen molar-refractivity contribution >= 4 is 26.0 Å². The summed E-state index contributed by atoms with van der Waals surface area (Å²) in [5, 5.41) is 0. The second kappa shape index (κ2) is 7.08. The van der Waals surface area contributed by atoms with Crippen LogP contribution in [0.4, 0.5) is 0 Å². The Morgan fingerprint density at radius 1 is 1.33 bits per heavy atom. The zero-order chi connectivity index (χ0) is 13.6. The van der Waals surface area contributed by atoms with Crippen LogP contribution in [0, 0.1) is 0 Å². The fourth-order valence-corrected chi connectivity index (χ4v) is 3.13. The Morgan fingerprint density at radius 2 is 2.06 bits per heavy atom.